The van der Waals surface area contributed by atoms with Gasteiger partial charge in [0.1, 0.15) is 0 Å². The van der Waals surface area contributed by atoms with E-state index in [0.717, 1.165) is 31.3 Å². The van der Waals surface area contributed by atoms with E-state index in [2.05, 4.69) is 46.1 Å². The first kappa shape index (κ1) is 14.7. The summed E-state index contributed by atoms with van der Waals surface area (Å²) in [7, 11) is 0. The van der Waals surface area contributed by atoms with E-state index in [0.29, 0.717) is 0 Å². The Kier molecular flexibility index (Phi) is 4.99. The fourth-order valence-corrected chi connectivity index (χ4v) is 3.20. The molecule has 1 heterocycles. The lowest BCUT2D eigenvalue weighted by Gasteiger charge is -2.07. The summed E-state index contributed by atoms with van der Waals surface area (Å²) < 4.78 is 2.25. The molecule has 0 atom stereocenters. The van der Waals surface area contributed by atoms with E-state index >= 15 is 0 Å². The van der Waals surface area contributed by atoms with E-state index in [1.54, 1.807) is 0 Å². The van der Waals surface area contributed by atoms with Crippen LogP contribution in [0.25, 0.3) is 0 Å². The van der Waals surface area contributed by atoms with E-state index in [1.165, 1.54) is 29.0 Å². The van der Waals surface area contributed by atoms with Gasteiger partial charge in [-0.25, -0.2) is 4.98 Å². The van der Waals surface area contributed by atoms with Crippen molar-refractivity contribution in [3.8, 4) is 0 Å². The number of hydrogen-bond acceptors (Lipinski definition) is 3. The number of imidazole rings is 1. The Labute approximate surface area is 131 Å². The Bertz CT molecular complexity index is 558. The van der Waals surface area contributed by atoms with Crippen LogP contribution in [0.1, 0.15) is 37.4 Å². The molecule has 0 bridgehead atoms. The lowest BCUT2D eigenvalue weighted by molar-refractivity contribution is 0.659. The second kappa shape index (κ2) is 7.14. The highest BCUT2D eigenvalue weighted by Gasteiger charge is 2.19. The second-order valence-corrected chi connectivity index (χ2v) is 6.71. The highest BCUT2D eigenvalue weighted by Crippen LogP contribution is 2.24. The molecule has 1 saturated carbocycles. The molecule has 0 radical (unpaired) electrons. The van der Waals surface area contributed by atoms with Gasteiger partial charge in [-0.2, -0.15) is 0 Å². The van der Waals surface area contributed by atoms with Crippen molar-refractivity contribution < 1.29 is 0 Å². The molecule has 21 heavy (non-hydrogen) atoms. The monoisotopic (exact) mass is 301 g/mol. The maximum Gasteiger partial charge on any atom is 0.0948 e. The van der Waals surface area contributed by atoms with Crippen LogP contribution in [0.4, 0.5) is 0 Å². The molecular formula is C17H23N3S. The quantitative estimate of drug-likeness (QED) is 0.751. The molecule has 112 valence electrons. The third kappa shape index (κ3) is 4.35. The van der Waals surface area contributed by atoms with E-state index in [1.807, 2.05) is 24.3 Å². The highest BCUT2D eigenvalue weighted by atomic mass is 32.2. The van der Waals surface area contributed by atoms with Crippen molar-refractivity contribution >= 4 is 11.8 Å². The molecule has 1 aliphatic rings. The van der Waals surface area contributed by atoms with Gasteiger partial charge in [-0.1, -0.05) is 19.1 Å². The van der Waals surface area contributed by atoms with Crippen molar-refractivity contribution in [3.05, 3.63) is 48.0 Å². The Balaban J connectivity index is 1.51. The molecule has 4 heteroatoms. The maximum absolute atomic E-state index is 4.26. The van der Waals surface area contributed by atoms with Gasteiger partial charge in [0.15, 0.2) is 0 Å². The van der Waals surface area contributed by atoms with E-state index in [4.69, 9.17) is 0 Å². The molecule has 0 spiro atoms. The van der Waals surface area contributed by atoms with Crippen molar-refractivity contribution in [1.82, 2.24) is 14.9 Å². The van der Waals surface area contributed by atoms with Crippen LogP contribution in [0.15, 0.2) is 41.7 Å². The molecule has 1 N–H and O–H groups in total. The maximum atomic E-state index is 4.26. The van der Waals surface area contributed by atoms with Crippen LogP contribution in [0.3, 0.4) is 0 Å². The smallest absolute Gasteiger partial charge is 0.0948 e. The Morgan fingerprint density at radius 1 is 1.29 bits per heavy atom. The van der Waals surface area contributed by atoms with Gasteiger partial charge in [-0.15, -0.1) is 11.8 Å². The minimum Gasteiger partial charge on any atom is -0.334 e. The molecular weight excluding hydrogens is 278 g/mol. The van der Waals surface area contributed by atoms with Gasteiger partial charge in [0.2, 0.25) is 0 Å². The molecule has 0 amide bonds. The Hall–Kier alpha value is -1.26. The number of aryl methyl sites for hydroxylation is 1. The zero-order chi connectivity index (χ0) is 14.5. The third-order valence-corrected chi connectivity index (χ3v) is 4.79. The normalized spacial score (nSPS) is 14.5. The molecule has 1 aliphatic carbocycles. The van der Waals surface area contributed by atoms with Crippen LogP contribution in [0.2, 0.25) is 0 Å². The van der Waals surface area contributed by atoms with Crippen molar-refractivity contribution in [2.75, 3.05) is 0 Å². The first-order chi connectivity index (χ1) is 10.3. The molecule has 3 nitrogen and oxygen atoms in total. The topological polar surface area (TPSA) is 29.9 Å². The number of aromatic nitrogens is 2. The summed E-state index contributed by atoms with van der Waals surface area (Å²) in [5.41, 5.74) is 2.68. The minimum absolute atomic E-state index is 0.776. The Morgan fingerprint density at radius 2 is 2.10 bits per heavy atom. The molecule has 0 saturated heterocycles. The summed E-state index contributed by atoms with van der Waals surface area (Å²) in [5.74, 6) is 0.986. The van der Waals surface area contributed by atoms with Crippen molar-refractivity contribution in [2.24, 2.45) is 0 Å². The molecule has 1 fully saturated rings. The van der Waals surface area contributed by atoms with Crippen LogP contribution >= 0.6 is 11.8 Å². The fraction of sp³-hybridized carbons (Fsp3) is 0.471. The van der Waals surface area contributed by atoms with Gasteiger partial charge >= 0.3 is 0 Å². The van der Waals surface area contributed by atoms with Crippen LogP contribution in [-0.4, -0.2) is 15.6 Å². The SMILES string of the molecule is CCCn1cncc1CSc1ccc(CNC2CC2)cc1. The predicted molar refractivity (Wildman–Crippen MR) is 88.4 cm³/mol. The standard InChI is InChI=1S/C17H23N3S/c1-2-9-20-13-18-11-16(20)12-21-17-7-3-14(4-8-17)10-19-15-5-6-15/h3-4,7-8,11,13,15,19H,2,5-6,9-10,12H2,1H3. The van der Waals surface area contributed by atoms with E-state index in [9.17, 15) is 0 Å². The first-order valence-corrected chi connectivity index (χ1v) is 8.78. The first-order valence-electron chi connectivity index (χ1n) is 7.79. The summed E-state index contributed by atoms with van der Waals surface area (Å²) in [5, 5.41) is 3.55. The number of nitrogens with zero attached hydrogens (tertiary/aromatic N) is 2. The largest absolute Gasteiger partial charge is 0.334 e. The number of thioether (sulfide) groups is 1. The lowest BCUT2D eigenvalue weighted by Crippen LogP contribution is -2.14. The van der Waals surface area contributed by atoms with Gasteiger partial charge in [0.05, 0.1) is 6.33 Å². The average molecular weight is 301 g/mol. The van der Waals surface area contributed by atoms with Gasteiger partial charge in [-0.05, 0) is 37.0 Å². The number of nitrogens with one attached hydrogen (secondary N) is 1. The highest BCUT2D eigenvalue weighted by molar-refractivity contribution is 7.98. The lowest BCUT2D eigenvalue weighted by atomic mass is 10.2. The number of benzene rings is 1. The average Bonchev–Trinajstić information content (AvgIpc) is 3.24. The Morgan fingerprint density at radius 3 is 2.81 bits per heavy atom. The van der Waals surface area contributed by atoms with Crippen molar-refractivity contribution in [2.45, 2.75) is 56.0 Å². The summed E-state index contributed by atoms with van der Waals surface area (Å²) >= 11 is 1.88. The summed E-state index contributed by atoms with van der Waals surface area (Å²) in [6.45, 7) is 4.26. The molecule has 1 aromatic carbocycles. The van der Waals surface area contributed by atoms with E-state index in [-0.39, 0.29) is 0 Å². The summed E-state index contributed by atoms with van der Waals surface area (Å²) in [6.07, 6.45) is 7.76. The van der Waals surface area contributed by atoms with Crippen LogP contribution < -0.4 is 5.32 Å². The van der Waals surface area contributed by atoms with Gasteiger partial charge in [-0.3, -0.25) is 0 Å². The molecule has 1 aromatic heterocycles. The zero-order valence-electron chi connectivity index (χ0n) is 12.6. The predicted octanol–water partition coefficient (Wildman–Crippen LogP) is 3.84. The molecule has 0 unspecified atom stereocenters. The zero-order valence-corrected chi connectivity index (χ0v) is 13.4. The molecule has 3 rings (SSSR count). The molecule has 0 aliphatic heterocycles. The van der Waals surface area contributed by atoms with Crippen LogP contribution in [-0.2, 0) is 18.8 Å². The van der Waals surface area contributed by atoms with Gasteiger partial charge in [0.25, 0.3) is 0 Å². The van der Waals surface area contributed by atoms with Gasteiger partial charge in [0, 0.05) is 41.7 Å². The van der Waals surface area contributed by atoms with E-state index < -0.39 is 0 Å². The van der Waals surface area contributed by atoms with Crippen LogP contribution in [0, 0.1) is 0 Å². The second-order valence-electron chi connectivity index (χ2n) is 5.67. The number of hydrogen-bond donors (Lipinski definition) is 1. The third-order valence-electron chi connectivity index (χ3n) is 3.75. The summed E-state index contributed by atoms with van der Waals surface area (Å²) in [6, 6.07) is 9.71. The minimum atomic E-state index is 0.776. The fourth-order valence-electron chi connectivity index (χ4n) is 2.32. The summed E-state index contributed by atoms with van der Waals surface area (Å²) in [4.78, 5) is 5.58. The van der Waals surface area contributed by atoms with Crippen molar-refractivity contribution in [1.29, 1.82) is 0 Å². The van der Waals surface area contributed by atoms with Crippen LogP contribution in [0.5, 0.6) is 0 Å². The number of rotatable bonds is 8. The van der Waals surface area contributed by atoms with Crippen molar-refractivity contribution in [3.63, 3.8) is 0 Å². The van der Waals surface area contributed by atoms with Gasteiger partial charge < -0.3 is 9.88 Å². The molecule has 2 aromatic rings.